The molecule has 0 amide bonds. The van der Waals surface area contributed by atoms with Crippen molar-refractivity contribution in [2.45, 2.75) is 51.4 Å². The summed E-state index contributed by atoms with van der Waals surface area (Å²) in [6, 6.07) is 28.7. The van der Waals surface area contributed by atoms with Crippen LogP contribution in [0.3, 0.4) is 0 Å². The minimum atomic E-state index is 0.0786. The highest BCUT2D eigenvalue weighted by atomic mass is 14.4. The SMILES string of the molecule is CCCCCCC1(C)C(c2ccccc2-c2ccccc2)=Cc2ccccc21. The fraction of sp³-hybridized carbons (Fsp3) is 0.286. The van der Waals surface area contributed by atoms with Gasteiger partial charge in [0.05, 0.1) is 0 Å². The molecule has 0 fully saturated rings. The van der Waals surface area contributed by atoms with E-state index in [0.29, 0.717) is 0 Å². The zero-order chi connectivity index (χ0) is 19.4. The smallest absolute Gasteiger partial charge is 0.0187 e. The van der Waals surface area contributed by atoms with E-state index in [4.69, 9.17) is 0 Å². The van der Waals surface area contributed by atoms with Crippen molar-refractivity contribution in [1.82, 2.24) is 0 Å². The summed E-state index contributed by atoms with van der Waals surface area (Å²) in [7, 11) is 0. The lowest BCUT2D eigenvalue weighted by Gasteiger charge is -2.31. The van der Waals surface area contributed by atoms with E-state index in [-0.39, 0.29) is 5.41 Å². The Labute approximate surface area is 169 Å². The third-order valence-corrected chi connectivity index (χ3v) is 6.28. The number of hydrogen-bond donors (Lipinski definition) is 0. The molecule has 3 aromatic rings. The van der Waals surface area contributed by atoms with Crippen LogP contribution in [0.25, 0.3) is 22.8 Å². The van der Waals surface area contributed by atoms with Crippen molar-refractivity contribution in [1.29, 1.82) is 0 Å². The van der Waals surface area contributed by atoms with Crippen molar-refractivity contribution >= 4 is 11.6 Å². The topological polar surface area (TPSA) is 0 Å². The molecule has 4 rings (SSSR count). The van der Waals surface area contributed by atoms with Gasteiger partial charge in [-0.2, -0.15) is 0 Å². The van der Waals surface area contributed by atoms with E-state index in [2.05, 4.69) is 98.8 Å². The Bertz CT molecular complexity index is 964. The zero-order valence-electron chi connectivity index (χ0n) is 17.1. The fourth-order valence-electron chi connectivity index (χ4n) is 4.72. The Morgan fingerprint density at radius 3 is 2.14 bits per heavy atom. The summed E-state index contributed by atoms with van der Waals surface area (Å²) in [5.41, 5.74) is 8.44. The molecule has 1 atom stereocenters. The van der Waals surface area contributed by atoms with Gasteiger partial charge in [-0.3, -0.25) is 0 Å². The highest BCUT2D eigenvalue weighted by molar-refractivity contribution is 5.98. The van der Waals surface area contributed by atoms with Gasteiger partial charge in [-0.05, 0) is 45.9 Å². The van der Waals surface area contributed by atoms with Gasteiger partial charge in [0.15, 0.2) is 0 Å². The van der Waals surface area contributed by atoms with Gasteiger partial charge in [-0.1, -0.05) is 118 Å². The van der Waals surface area contributed by atoms with Crippen molar-refractivity contribution in [3.8, 4) is 11.1 Å². The first kappa shape index (κ1) is 18.7. The van der Waals surface area contributed by atoms with E-state index in [1.165, 1.54) is 65.5 Å². The number of rotatable bonds is 7. The standard InChI is InChI=1S/C28H30/c1-3-4-5-13-20-28(2)26-19-12-9-16-23(26)21-27(28)25-18-11-10-17-24(25)22-14-7-6-8-15-22/h6-12,14-19,21H,3-5,13,20H2,1-2H3. The molecule has 142 valence electrons. The quantitative estimate of drug-likeness (QED) is 0.370. The molecule has 28 heavy (non-hydrogen) atoms. The van der Waals surface area contributed by atoms with Crippen molar-refractivity contribution in [2.24, 2.45) is 0 Å². The third kappa shape index (κ3) is 3.44. The summed E-state index contributed by atoms with van der Waals surface area (Å²) in [6.07, 6.45) is 8.87. The van der Waals surface area contributed by atoms with Gasteiger partial charge in [-0.15, -0.1) is 0 Å². The Morgan fingerprint density at radius 1 is 0.679 bits per heavy atom. The molecule has 0 heterocycles. The average molecular weight is 367 g/mol. The average Bonchev–Trinajstić information content (AvgIpc) is 3.05. The predicted octanol–water partition coefficient (Wildman–Crippen LogP) is 8.14. The second-order valence-electron chi connectivity index (χ2n) is 8.20. The van der Waals surface area contributed by atoms with Gasteiger partial charge in [0, 0.05) is 5.41 Å². The highest BCUT2D eigenvalue weighted by Gasteiger charge is 2.37. The molecule has 1 aliphatic carbocycles. The van der Waals surface area contributed by atoms with Crippen LogP contribution in [0.1, 0.15) is 62.6 Å². The van der Waals surface area contributed by atoms with Gasteiger partial charge in [-0.25, -0.2) is 0 Å². The lowest BCUT2D eigenvalue weighted by atomic mass is 9.72. The van der Waals surface area contributed by atoms with Crippen LogP contribution in [0.5, 0.6) is 0 Å². The molecule has 0 radical (unpaired) electrons. The maximum absolute atomic E-state index is 2.46. The molecule has 0 saturated carbocycles. The Morgan fingerprint density at radius 2 is 1.36 bits per heavy atom. The lowest BCUT2D eigenvalue weighted by Crippen LogP contribution is -2.22. The maximum atomic E-state index is 2.46. The molecule has 0 saturated heterocycles. The van der Waals surface area contributed by atoms with E-state index in [9.17, 15) is 0 Å². The molecule has 1 unspecified atom stereocenters. The van der Waals surface area contributed by atoms with Crippen molar-refractivity contribution < 1.29 is 0 Å². The molecule has 0 aliphatic heterocycles. The Hall–Kier alpha value is -2.60. The highest BCUT2D eigenvalue weighted by Crippen LogP contribution is 2.51. The van der Waals surface area contributed by atoms with E-state index in [0.717, 1.165) is 0 Å². The molecule has 1 aliphatic rings. The molecule has 0 N–H and O–H groups in total. The summed E-state index contributed by atoms with van der Waals surface area (Å²) in [5, 5.41) is 0. The van der Waals surface area contributed by atoms with Crippen LogP contribution >= 0.6 is 0 Å². The van der Waals surface area contributed by atoms with Gasteiger partial charge < -0.3 is 0 Å². The number of allylic oxidation sites excluding steroid dienone is 1. The van der Waals surface area contributed by atoms with Crippen LogP contribution in [0, 0.1) is 0 Å². The van der Waals surface area contributed by atoms with Gasteiger partial charge in [0.2, 0.25) is 0 Å². The van der Waals surface area contributed by atoms with Crippen molar-refractivity contribution in [3.63, 3.8) is 0 Å². The zero-order valence-corrected chi connectivity index (χ0v) is 17.1. The second-order valence-corrected chi connectivity index (χ2v) is 8.20. The van der Waals surface area contributed by atoms with Crippen LogP contribution in [0.15, 0.2) is 78.9 Å². The number of hydrogen-bond acceptors (Lipinski definition) is 0. The third-order valence-electron chi connectivity index (χ3n) is 6.28. The summed E-state index contributed by atoms with van der Waals surface area (Å²) >= 11 is 0. The van der Waals surface area contributed by atoms with Crippen LogP contribution in [0.2, 0.25) is 0 Å². The van der Waals surface area contributed by atoms with E-state index < -0.39 is 0 Å². The van der Waals surface area contributed by atoms with Crippen LogP contribution < -0.4 is 0 Å². The minimum absolute atomic E-state index is 0.0786. The predicted molar refractivity (Wildman–Crippen MR) is 122 cm³/mol. The lowest BCUT2D eigenvalue weighted by molar-refractivity contribution is 0.510. The summed E-state index contributed by atoms with van der Waals surface area (Å²) in [6.45, 7) is 4.74. The first-order chi connectivity index (χ1) is 13.7. The molecule has 0 heteroatoms. The molecule has 0 nitrogen and oxygen atoms in total. The monoisotopic (exact) mass is 366 g/mol. The Balaban J connectivity index is 1.79. The number of benzene rings is 3. The minimum Gasteiger partial charge on any atom is -0.0654 e. The van der Waals surface area contributed by atoms with Gasteiger partial charge in [0.1, 0.15) is 0 Å². The Kier molecular flexibility index (Phi) is 5.48. The van der Waals surface area contributed by atoms with Gasteiger partial charge in [0.25, 0.3) is 0 Å². The van der Waals surface area contributed by atoms with E-state index >= 15 is 0 Å². The van der Waals surface area contributed by atoms with E-state index in [1.807, 2.05) is 0 Å². The maximum Gasteiger partial charge on any atom is 0.0187 e. The van der Waals surface area contributed by atoms with Crippen LogP contribution in [-0.2, 0) is 5.41 Å². The normalized spacial score (nSPS) is 18.0. The molecular weight excluding hydrogens is 336 g/mol. The molecular formula is C28H30. The summed E-state index contributed by atoms with van der Waals surface area (Å²) in [5.74, 6) is 0. The first-order valence-corrected chi connectivity index (χ1v) is 10.7. The summed E-state index contributed by atoms with van der Waals surface area (Å²) < 4.78 is 0. The van der Waals surface area contributed by atoms with Crippen LogP contribution in [0.4, 0.5) is 0 Å². The van der Waals surface area contributed by atoms with Crippen molar-refractivity contribution in [3.05, 3.63) is 95.6 Å². The van der Waals surface area contributed by atoms with Crippen LogP contribution in [-0.4, -0.2) is 0 Å². The molecule has 0 spiro atoms. The largest absolute Gasteiger partial charge is 0.0654 e. The molecule has 3 aromatic carbocycles. The second kappa shape index (κ2) is 8.19. The number of fused-ring (bicyclic) bond motifs is 1. The van der Waals surface area contributed by atoms with Crippen molar-refractivity contribution in [2.75, 3.05) is 0 Å². The molecule has 0 aromatic heterocycles. The number of unbranched alkanes of at least 4 members (excludes halogenated alkanes) is 3. The molecule has 0 bridgehead atoms. The van der Waals surface area contributed by atoms with E-state index in [1.54, 1.807) is 0 Å². The van der Waals surface area contributed by atoms with Gasteiger partial charge >= 0.3 is 0 Å². The first-order valence-electron chi connectivity index (χ1n) is 10.7. The fourth-order valence-corrected chi connectivity index (χ4v) is 4.72. The summed E-state index contributed by atoms with van der Waals surface area (Å²) in [4.78, 5) is 0.